The number of aryl methyl sites for hydroxylation is 2. The Balaban J connectivity index is 1.42. The first-order valence-corrected chi connectivity index (χ1v) is 10.1. The molecule has 0 saturated heterocycles. The van der Waals surface area contributed by atoms with E-state index < -0.39 is 0 Å². The van der Waals surface area contributed by atoms with Gasteiger partial charge in [-0.25, -0.2) is 0 Å². The standard InChI is InChI=1S/C20H27N5O4/c26-14-17-13-25(23-22-17)9-2-1-8-24-10-7-16(12-20(24)29)21-19(28)11-15-3-5-18(27)6-4-15/h7,10,12-15,18,27H,1-6,8-9,11H2,(H,21,28). The van der Waals surface area contributed by atoms with Crippen molar-refractivity contribution in [2.75, 3.05) is 5.32 Å². The molecule has 29 heavy (non-hydrogen) atoms. The molecule has 2 aromatic heterocycles. The predicted octanol–water partition coefficient (Wildman–Crippen LogP) is 1.61. The topological polar surface area (TPSA) is 119 Å². The number of aliphatic hydroxyl groups is 1. The summed E-state index contributed by atoms with van der Waals surface area (Å²) in [5.74, 6) is 0.206. The number of unbranched alkanes of at least 4 members (excludes halogenated alkanes) is 1. The van der Waals surface area contributed by atoms with Crippen LogP contribution in [0.5, 0.6) is 0 Å². The number of amides is 1. The number of pyridine rings is 1. The molecule has 1 aliphatic carbocycles. The number of hydrogen-bond donors (Lipinski definition) is 2. The Hall–Kier alpha value is -2.81. The molecular weight excluding hydrogens is 374 g/mol. The minimum Gasteiger partial charge on any atom is -0.393 e. The van der Waals surface area contributed by atoms with Gasteiger partial charge >= 0.3 is 0 Å². The molecule has 156 valence electrons. The van der Waals surface area contributed by atoms with Crippen LogP contribution in [0.1, 0.15) is 55.4 Å². The SMILES string of the molecule is O=Cc1cn(CCCCn2ccc(NC(=O)CC3CCC(O)CC3)cc2=O)nn1. The Morgan fingerprint density at radius 1 is 1.24 bits per heavy atom. The van der Waals surface area contributed by atoms with Crippen molar-refractivity contribution in [2.24, 2.45) is 5.92 Å². The summed E-state index contributed by atoms with van der Waals surface area (Å²) in [6.45, 7) is 1.19. The maximum Gasteiger partial charge on any atom is 0.252 e. The molecule has 0 unspecified atom stereocenters. The summed E-state index contributed by atoms with van der Waals surface area (Å²) in [7, 11) is 0. The van der Waals surface area contributed by atoms with Crippen LogP contribution in [0.3, 0.4) is 0 Å². The van der Waals surface area contributed by atoms with Crippen molar-refractivity contribution in [3.05, 3.63) is 40.6 Å². The number of carbonyl (C=O) groups excluding carboxylic acids is 2. The Bertz CT molecular complexity index is 883. The van der Waals surface area contributed by atoms with Gasteiger partial charge in [-0.1, -0.05) is 5.21 Å². The minimum absolute atomic E-state index is 0.0916. The maximum atomic E-state index is 12.3. The van der Waals surface area contributed by atoms with Crippen LogP contribution in [0.15, 0.2) is 29.3 Å². The molecule has 0 spiro atoms. The molecule has 1 amide bonds. The fourth-order valence-electron chi connectivity index (χ4n) is 3.63. The molecule has 1 aliphatic rings. The molecule has 2 N–H and O–H groups in total. The van der Waals surface area contributed by atoms with Gasteiger partial charge < -0.3 is 15.0 Å². The highest BCUT2D eigenvalue weighted by Gasteiger charge is 2.21. The smallest absolute Gasteiger partial charge is 0.252 e. The van der Waals surface area contributed by atoms with Crippen molar-refractivity contribution < 1.29 is 14.7 Å². The van der Waals surface area contributed by atoms with Crippen molar-refractivity contribution in [2.45, 2.75) is 64.1 Å². The zero-order valence-corrected chi connectivity index (χ0v) is 16.4. The highest BCUT2D eigenvalue weighted by Crippen LogP contribution is 2.27. The second kappa shape index (κ2) is 10.1. The Kier molecular flexibility index (Phi) is 7.29. The molecule has 0 aromatic carbocycles. The Morgan fingerprint density at radius 2 is 2.00 bits per heavy atom. The van der Waals surface area contributed by atoms with Gasteiger partial charge in [-0.2, -0.15) is 0 Å². The van der Waals surface area contributed by atoms with Crippen LogP contribution in [0, 0.1) is 5.92 Å². The second-order valence-electron chi connectivity index (χ2n) is 7.61. The number of nitrogens with one attached hydrogen (secondary N) is 1. The van der Waals surface area contributed by atoms with E-state index in [2.05, 4.69) is 15.6 Å². The lowest BCUT2D eigenvalue weighted by atomic mass is 9.85. The first-order chi connectivity index (χ1) is 14.0. The van der Waals surface area contributed by atoms with Crippen molar-refractivity contribution in [3.8, 4) is 0 Å². The molecule has 9 heteroatoms. The van der Waals surface area contributed by atoms with Crippen LogP contribution in [0.2, 0.25) is 0 Å². The monoisotopic (exact) mass is 401 g/mol. The molecule has 1 fully saturated rings. The highest BCUT2D eigenvalue weighted by atomic mass is 16.3. The van der Waals surface area contributed by atoms with Crippen molar-refractivity contribution in [1.29, 1.82) is 0 Å². The molecule has 0 aliphatic heterocycles. The molecule has 3 rings (SSSR count). The maximum absolute atomic E-state index is 12.3. The molecule has 2 heterocycles. The van der Waals surface area contributed by atoms with Crippen LogP contribution in [0.4, 0.5) is 5.69 Å². The molecular formula is C20H27N5O4. The molecule has 0 atom stereocenters. The average molecular weight is 401 g/mol. The third kappa shape index (κ3) is 6.35. The van der Waals surface area contributed by atoms with Gasteiger partial charge in [0.05, 0.1) is 12.3 Å². The number of anilines is 1. The van der Waals surface area contributed by atoms with Gasteiger partial charge in [0.25, 0.3) is 5.56 Å². The quantitative estimate of drug-likeness (QED) is 0.487. The molecule has 9 nitrogen and oxygen atoms in total. The first-order valence-electron chi connectivity index (χ1n) is 10.1. The lowest BCUT2D eigenvalue weighted by Gasteiger charge is -2.24. The predicted molar refractivity (Wildman–Crippen MR) is 107 cm³/mol. The summed E-state index contributed by atoms with van der Waals surface area (Å²) in [6, 6.07) is 3.17. The van der Waals surface area contributed by atoms with E-state index in [1.807, 2.05) is 0 Å². The summed E-state index contributed by atoms with van der Waals surface area (Å²) in [5, 5.41) is 19.9. The van der Waals surface area contributed by atoms with E-state index in [9.17, 15) is 19.5 Å². The van der Waals surface area contributed by atoms with Crippen molar-refractivity contribution in [3.63, 3.8) is 0 Å². The largest absolute Gasteiger partial charge is 0.393 e. The second-order valence-corrected chi connectivity index (χ2v) is 7.61. The van der Waals surface area contributed by atoms with Crippen LogP contribution in [-0.2, 0) is 17.9 Å². The molecule has 1 saturated carbocycles. The van der Waals surface area contributed by atoms with Gasteiger partial charge in [0.15, 0.2) is 6.29 Å². The third-order valence-electron chi connectivity index (χ3n) is 5.28. The van der Waals surface area contributed by atoms with Crippen LogP contribution < -0.4 is 10.9 Å². The van der Waals surface area contributed by atoms with Crippen LogP contribution >= 0.6 is 0 Å². The normalized spacial score (nSPS) is 19.1. The summed E-state index contributed by atoms with van der Waals surface area (Å²) in [4.78, 5) is 35.1. The van der Waals surface area contributed by atoms with E-state index >= 15 is 0 Å². The first kappa shape index (κ1) is 20.9. The fourth-order valence-corrected chi connectivity index (χ4v) is 3.63. The molecule has 0 radical (unpaired) electrons. The zero-order valence-electron chi connectivity index (χ0n) is 16.4. The summed E-state index contributed by atoms with van der Waals surface area (Å²) in [6.07, 6.45) is 8.92. The zero-order chi connectivity index (χ0) is 20.6. The lowest BCUT2D eigenvalue weighted by molar-refractivity contribution is -0.117. The Morgan fingerprint density at radius 3 is 2.69 bits per heavy atom. The summed E-state index contributed by atoms with van der Waals surface area (Å²) < 4.78 is 3.22. The number of aldehydes is 1. The van der Waals surface area contributed by atoms with Gasteiger partial charge in [-0.05, 0) is 50.5 Å². The van der Waals surface area contributed by atoms with Gasteiger partial charge in [-0.3, -0.25) is 19.1 Å². The average Bonchev–Trinajstić information content (AvgIpc) is 3.16. The summed E-state index contributed by atoms with van der Waals surface area (Å²) in [5.41, 5.74) is 0.656. The van der Waals surface area contributed by atoms with E-state index in [-0.39, 0.29) is 17.6 Å². The highest BCUT2D eigenvalue weighted by molar-refractivity contribution is 5.90. The van der Waals surface area contributed by atoms with E-state index in [0.717, 1.165) is 38.5 Å². The number of rotatable bonds is 9. The van der Waals surface area contributed by atoms with Gasteiger partial charge in [0, 0.05) is 37.5 Å². The van der Waals surface area contributed by atoms with Crippen molar-refractivity contribution in [1.82, 2.24) is 19.6 Å². The van der Waals surface area contributed by atoms with E-state index in [0.29, 0.717) is 43.1 Å². The van der Waals surface area contributed by atoms with E-state index in [1.165, 1.54) is 6.07 Å². The van der Waals surface area contributed by atoms with Crippen molar-refractivity contribution >= 4 is 17.9 Å². The van der Waals surface area contributed by atoms with E-state index in [4.69, 9.17) is 0 Å². The Labute approximate surface area is 168 Å². The van der Waals surface area contributed by atoms with E-state index in [1.54, 1.807) is 27.7 Å². The number of carbonyl (C=O) groups is 2. The number of aromatic nitrogens is 4. The van der Waals surface area contributed by atoms with Gasteiger partial charge in [-0.15, -0.1) is 5.10 Å². The number of nitrogens with zero attached hydrogens (tertiary/aromatic N) is 4. The molecule has 0 bridgehead atoms. The molecule has 2 aromatic rings. The number of hydrogen-bond acceptors (Lipinski definition) is 6. The third-order valence-corrected chi connectivity index (χ3v) is 5.28. The van der Waals surface area contributed by atoms with Crippen LogP contribution in [0.25, 0.3) is 0 Å². The number of aliphatic hydroxyl groups excluding tert-OH is 1. The van der Waals surface area contributed by atoms with Gasteiger partial charge in [0.1, 0.15) is 5.69 Å². The summed E-state index contributed by atoms with van der Waals surface area (Å²) >= 11 is 0. The van der Waals surface area contributed by atoms with Gasteiger partial charge in [0.2, 0.25) is 5.91 Å². The fraction of sp³-hybridized carbons (Fsp3) is 0.550. The minimum atomic E-state index is -0.230. The van der Waals surface area contributed by atoms with Crippen LogP contribution in [-0.4, -0.2) is 43.0 Å². The lowest BCUT2D eigenvalue weighted by Crippen LogP contribution is -2.24.